The highest BCUT2D eigenvalue weighted by Crippen LogP contribution is 2.14. The van der Waals surface area contributed by atoms with Crippen molar-refractivity contribution in [3.05, 3.63) is 0 Å². The van der Waals surface area contributed by atoms with E-state index in [1.165, 1.54) is 7.11 Å². The fraction of sp³-hybridized carbons (Fsp3) is 0.833. The van der Waals surface area contributed by atoms with E-state index in [-0.39, 0.29) is 12.0 Å². The van der Waals surface area contributed by atoms with Crippen molar-refractivity contribution < 1.29 is 14.3 Å². The Morgan fingerprint density at radius 1 is 1.39 bits per heavy atom. The second kappa shape index (κ2) is 6.58. The monoisotopic (exact) mass is 257 g/mol. The zero-order valence-electron chi connectivity index (χ0n) is 11.7. The number of likely N-dealkylation sites (N-methyl/N-ethyl adjacent to an activating group) is 2. The van der Waals surface area contributed by atoms with Crippen molar-refractivity contribution in [2.45, 2.75) is 19.4 Å². The van der Waals surface area contributed by atoms with E-state index < -0.39 is 0 Å². The minimum Gasteiger partial charge on any atom is -0.453 e. The molecular weight excluding hydrogens is 234 g/mol. The molecule has 6 nitrogen and oxygen atoms in total. The van der Waals surface area contributed by atoms with Crippen LogP contribution in [-0.2, 0) is 9.53 Å². The fourth-order valence-electron chi connectivity index (χ4n) is 2.13. The van der Waals surface area contributed by atoms with Gasteiger partial charge in [0.25, 0.3) is 0 Å². The maximum atomic E-state index is 11.3. The number of carbonyl (C=O) groups is 2. The van der Waals surface area contributed by atoms with E-state index in [9.17, 15) is 9.59 Å². The zero-order valence-corrected chi connectivity index (χ0v) is 11.7. The number of ether oxygens (including phenoxy) is 1. The summed E-state index contributed by atoms with van der Waals surface area (Å²) in [5, 5.41) is 0. The largest absolute Gasteiger partial charge is 0.453 e. The Hall–Kier alpha value is -1.30. The molecule has 0 aliphatic carbocycles. The molecule has 1 heterocycles. The normalized spacial score (nSPS) is 19.7. The van der Waals surface area contributed by atoms with Gasteiger partial charge in [-0.2, -0.15) is 0 Å². The van der Waals surface area contributed by atoms with Gasteiger partial charge in [0.15, 0.2) is 0 Å². The standard InChI is InChI=1S/C12H23N3O3/c1-10(16)14(3)11-5-6-15(9-11)8-7-13(2)12(17)18-4/h11H,5-9H2,1-4H3. The quantitative estimate of drug-likeness (QED) is 0.724. The van der Waals surface area contributed by atoms with E-state index in [4.69, 9.17) is 0 Å². The van der Waals surface area contributed by atoms with Gasteiger partial charge >= 0.3 is 6.09 Å². The molecule has 0 aromatic rings. The third-order valence-electron chi connectivity index (χ3n) is 3.53. The molecule has 18 heavy (non-hydrogen) atoms. The maximum absolute atomic E-state index is 11.3. The molecule has 0 saturated carbocycles. The van der Waals surface area contributed by atoms with Gasteiger partial charge in [-0.3, -0.25) is 9.69 Å². The van der Waals surface area contributed by atoms with Crippen molar-refractivity contribution in [3.8, 4) is 0 Å². The minimum atomic E-state index is -0.313. The molecule has 1 atom stereocenters. The lowest BCUT2D eigenvalue weighted by Crippen LogP contribution is -2.39. The van der Waals surface area contributed by atoms with Crippen LogP contribution in [0.25, 0.3) is 0 Å². The van der Waals surface area contributed by atoms with Crippen molar-refractivity contribution in [3.63, 3.8) is 0 Å². The Kier molecular flexibility index (Phi) is 5.40. The second-order valence-electron chi connectivity index (χ2n) is 4.76. The number of rotatable bonds is 4. The summed E-state index contributed by atoms with van der Waals surface area (Å²) >= 11 is 0. The van der Waals surface area contributed by atoms with Gasteiger partial charge in [-0.05, 0) is 6.42 Å². The Labute approximate surface area is 108 Å². The summed E-state index contributed by atoms with van der Waals surface area (Å²) in [5.41, 5.74) is 0. The first-order valence-electron chi connectivity index (χ1n) is 6.20. The van der Waals surface area contributed by atoms with Crippen LogP contribution in [0.5, 0.6) is 0 Å². The summed E-state index contributed by atoms with van der Waals surface area (Å²) in [4.78, 5) is 28.1. The Morgan fingerprint density at radius 2 is 2.06 bits per heavy atom. The third kappa shape index (κ3) is 3.87. The number of likely N-dealkylation sites (tertiary alicyclic amines) is 1. The Morgan fingerprint density at radius 3 is 2.61 bits per heavy atom. The van der Waals surface area contributed by atoms with Gasteiger partial charge in [0.1, 0.15) is 0 Å². The minimum absolute atomic E-state index is 0.105. The van der Waals surface area contributed by atoms with Crippen molar-refractivity contribution in [2.24, 2.45) is 0 Å². The van der Waals surface area contributed by atoms with E-state index in [1.807, 2.05) is 7.05 Å². The molecule has 6 heteroatoms. The summed E-state index contributed by atoms with van der Waals surface area (Å²) < 4.78 is 4.63. The van der Waals surface area contributed by atoms with Gasteiger partial charge in [-0.1, -0.05) is 0 Å². The maximum Gasteiger partial charge on any atom is 0.409 e. The first kappa shape index (κ1) is 14.8. The van der Waals surface area contributed by atoms with Gasteiger partial charge in [0, 0.05) is 53.2 Å². The number of hydrogen-bond donors (Lipinski definition) is 0. The molecule has 0 bridgehead atoms. The summed E-state index contributed by atoms with van der Waals surface area (Å²) in [7, 11) is 4.95. The number of methoxy groups -OCH3 is 1. The van der Waals surface area contributed by atoms with Gasteiger partial charge in [-0.25, -0.2) is 4.79 Å². The van der Waals surface area contributed by atoms with E-state index in [2.05, 4.69) is 9.64 Å². The summed E-state index contributed by atoms with van der Waals surface area (Å²) in [6, 6.07) is 0.297. The molecule has 1 unspecified atom stereocenters. The number of hydrogen-bond acceptors (Lipinski definition) is 4. The van der Waals surface area contributed by atoms with Gasteiger partial charge in [0.2, 0.25) is 5.91 Å². The predicted molar refractivity (Wildman–Crippen MR) is 68.3 cm³/mol. The van der Waals surface area contributed by atoms with Crippen LogP contribution >= 0.6 is 0 Å². The van der Waals surface area contributed by atoms with Gasteiger partial charge in [-0.15, -0.1) is 0 Å². The molecule has 0 spiro atoms. The smallest absolute Gasteiger partial charge is 0.409 e. The molecule has 2 amide bonds. The Bertz CT molecular complexity index is 309. The third-order valence-corrected chi connectivity index (χ3v) is 3.53. The Balaban J connectivity index is 2.31. The van der Waals surface area contributed by atoms with E-state index in [0.717, 1.165) is 26.1 Å². The predicted octanol–water partition coefficient (Wildman–Crippen LogP) is 0.237. The van der Waals surface area contributed by atoms with Crippen LogP contribution in [0.3, 0.4) is 0 Å². The van der Waals surface area contributed by atoms with Gasteiger partial charge < -0.3 is 14.5 Å². The van der Waals surface area contributed by atoms with Crippen molar-refractivity contribution >= 4 is 12.0 Å². The molecule has 0 aromatic carbocycles. The van der Waals surface area contributed by atoms with E-state index >= 15 is 0 Å². The van der Waals surface area contributed by atoms with Gasteiger partial charge in [0.05, 0.1) is 7.11 Å². The first-order chi connectivity index (χ1) is 8.45. The van der Waals surface area contributed by atoms with Crippen LogP contribution in [0.15, 0.2) is 0 Å². The molecule has 1 aliphatic rings. The molecule has 0 N–H and O–H groups in total. The molecule has 0 aromatic heterocycles. The summed E-state index contributed by atoms with van der Waals surface area (Å²) in [5.74, 6) is 0.105. The lowest BCUT2D eigenvalue weighted by molar-refractivity contribution is -0.129. The molecule has 1 fully saturated rings. The average molecular weight is 257 g/mol. The van der Waals surface area contributed by atoms with Crippen LogP contribution in [-0.4, -0.2) is 80.1 Å². The van der Waals surface area contributed by atoms with Crippen molar-refractivity contribution in [1.82, 2.24) is 14.7 Å². The summed E-state index contributed by atoms with van der Waals surface area (Å²) in [6.07, 6.45) is 0.685. The topological polar surface area (TPSA) is 53.1 Å². The molecule has 1 saturated heterocycles. The molecule has 0 radical (unpaired) electrons. The highest BCUT2D eigenvalue weighted by Gasteiger charge is 2.27. The van der Waals surface area contributed by atoms with E-state index in [0.29, 0.717) is 12.6 Å². The molecule has 1 aliphatic heterocycles. The fourth-order valence-corrected chi connectivity index (χ4v) is 2.13. The van der Waals surface area contributed by atoms with Crippen LogP contribution in [0.1, 0.15) is 13.3 Å². The highest BCUT2D eigenvalue weighted by molar-refractivity contribution is 5.73. The van der Waals surface area contributed by atoms with Crippen molar-refractivity contribution in [2.75, 3.05) is 47.4 Å². The first-order valence-corrected chi connectivity index (χ1v) is 6.20. The number of carbonyl (C=O) groups excluding carboxylic acids is 2. The zero-order chi connectivity index (χ0) is 13.7. The molecule has 1 rings (SSSR count). The molecule has 104 valence electrons. The van der Waals surface area contributed by atoms with E-state index in [1.54, 1.807) is 23.8 Å². The SMILES string of the molecule is COC(=O)N(C)CCN1CCC(N(C)C(C)=O)C1. The summed E-state index contributed by atoms with van der Waals surface area (Å²) in [6.45, 7) is 4.90. The van der Waals surface area contributed by atoms with Crippen LogP contribution in [0.4, 0.5) is 4.79 Å². The van der Waals surface area contributed by atoms with Crippen LogP contribution in [0.2, 0.25) is 0 Å². The number of amides is 2. The van der Waals surface area contributed by atoms with Crippen molar-refractivity contribution in [1.29, 1.82) is 0 Å². The number of nitrogens with zero attached hydrogens (tertiary/aromatic N) is 3. The lowest BCUT2D eigenvalue weighted by atomic mass is 10.2. The average Bonchev–Trinajstić information content (AvgIpc) is 2.82. The lowest BCUT2D eigenvalue weighted by Gasteiger charge is -2.24. The highest BCUT2D eigenvalue weighted by atomic mass is 16.5. The molecular formula is C12H23N3O3. The van der Waals surface area contributed by atoms with Crippen LogP contribution in [0, 0.1) is 0 Å². The van der Waals surface area contributed by atoms with Crippen LogP contribution < -0.4 is 0 Å². The second-order valence-corrected chi connectivity index (χ2v) is 4.76.